The van der Waals surface area contributed by atoms with E-state index in [-0.39, 0.29) is 17.1 Å². The minimum atomic E-state index is 0. The Morgan fingerprint density at radius 2 is 0.800 bits per heavy atom. The van der Waals surface area contributed by atoms with Crippen molar-refractivity contribution in [3.8, 4) is 0 Å². The Labute approximate surface area is 97.9 Å². The van der Waals surface area contributed by atoms with Gasteiger partial charge in [-0.25, -0.2) is 0 Å². The summed E-state index contributed by atoms with van der Waals surface area (Å²) >= 11 is 0. The molecule has 0 fully saturated rings. The van der Waals surface area contributed by atoms with E-state index in [2.05, 4.69) is 20.0 Å². The predicted octanol–water partition coefficient (Wildman–Crippen LogP) is 0.382. The van der Waals surface area contributed by atoms with E-state index in [4.69, 9.17) is 14.0 Å². The van der Waals surface area contributed by atoms with Crippen LogP contribution in [0.5, 0.6) is 0 Å². The standard InChI is InChI=1S/C6H6O2.3CO.Fe/c7-5-3-1-2-4-6-8;3*1-2;/h1-6H;;;;/b3-1+,4-2+;;;;. The summed E-state index contributed by atoms with van der Waals surface area (Å²) in [6, 6.07) is 0. The average molecular weight is 250 g/mol. The molecule has 0 unspecified atom stereocenters. The van der Waals surface area contributed by atoms with Crippen molar-refractivity contribution in [2.45, 2.75) is 0 Å². The van der Waals surface area contributed by atoms with Crippen molar-refractivity contribution < 1.29 is 40.6 Å². The van der Waals surface area contributed by atoms with E-state index in [9.17, 15) is 9.59 Å². The summed E-state index contributed by atoms with van der Waals surface area (Å²) in [6.45, 7) is 13.5. The molecule has 0 aliphatic rings. The molecular weight excluding hydrogens is 244 g/mol. The van der Waals surface area contributed by atoms with Crippen LogP contribution in [0.4, 0.5) is 0 Å². The van der Waals surface area contributed by atoms with E-state index >= 15 is 0 Å². The third kappa shape index (κ3) is 111. The van der Waals surface area contributed by atoms with Crippen LogP contribution >= 0.6 is 0 Å². The number of rotatable bonds is 3. The molecular formula is C9H6FeO5. The Balaban J connectivity index is -0.0000000410. The summed E-state index contributed by atoms with van der Waals surface area (Å²) in [5, 5.41) is 0. The van der Waals surface area contributed by atoms with Crippen molar-refractivity contribution in [3.63, 3.8) is 0 Å². The van der Waals surface area contributed by atoms with Crippen LogP contribution < -0.4 is 0 Å². The van der Waals surface area contributed by atoms with Crippen LogP contribution in [0.2, 0.25) is 0 Å². The van der Waals surface area contributed by atoms with Crippen molar-refractivity contribution in [2.75, 3.05) is 0 Å². The second-order valence-corrected chi connectivity index (χ2v) is 1.04. The van der Waals surface area contributed by atoms with Crippen LogP contribution in [0.15, 0.2) is 24.3 Å². The summed E-state index contributed by atoms with van der Waals surface area (Å²) in [5.41, 5.74) is 0. The maximum absolute atomic E-state index is 9.56. The zero-order valence-electron chi connectivity index (χ0n) is 7.36. The van der Waals surface area contributed by atoms with E-state index in [0.29, 0.717) is 12.6 Å². The van der Waals surface area contributed by atoms with Crippen LogP contribution in [-0.2, 0) is 40.6 Å². The van der Waals surface area contributed by atoms with Crippen molar-refractivity contribution >= 4 is 12.6 Å². The van der Waals surface area contributed by atoms with Gasteiger partial charge in [-0.1, -0.05) is 12.2 Å². The molecule has 0 radical (unpaired) electrons. The second-order valence-electron chi connectivity index (χ2n) is 1.04. The molecule has 0 heterocycles. The number of hydrogen-bond acceptors (Lipinski definition) is 2. The number of allylic oxidation sites excluding steroid dienone is 4. The molecule has 0 aliphatic heterocycles. The Morgan fingerprint density at radius 1 is 0.600 bits per heavy atom. The van der Waals surface area contributed by atoms with Crippen molar-refractivity contribution in [1.82, 2.24) is 0 Å². The molecule has 0 aromatic carbocycles. The van der Waals surface area contributed by atoms with Crippen LogP contribution in [0, 0.1) is 20.0 Å². The van der Waals surface area contributed by atoms with E-state index in [1.54, 1.807) is 0 Å². The van der Waals surface area contributed by atoms with Gasteiger partial charge in [0.25, 0.3) is 0 Å². The molecule has 0 aromatic heterocycles. The van der Waals surface area contributed by atoms with E-state index in [0.717, 1.165) is 0 Å². The monoisotopic (exact) mass is 250 g/mol. The first kappa shape index (κ1) is 29.2. The zero-order chi connectivity index (χ0) is 12.2. The topological polar surface area (TPSA) is 93.8 Å². The van der Waals surface area contributed by atoms with Gasteiger partial charge < -0.3 is 0 Å². The van der Waals surface area contributed by atoms with Gasteiger partial charge in [-0.15, -0.1) is 0 Å². The minimum Gasteiger partial charge on any atom is 0 e. The minimum absolute atomic E-state index is 0. The molecule has 0 amide bonds. The SMILES string of the molecule is O=C/C=C/C=C/C=O.[C-]#[O+].[C-]#[O+].[C-]#[O+].[Fe]. The predicted molar refractivity (Wildman–Crippen MR) is 42.2 cm³/mol. The van der Waals surface area contributed by atoms with Gasteiger partial charge in [0.05, 0.1) is 0 Å². The molecule has 15 heavy (non-hydrogen) atoms. The summed E-state index contributed by atoms with van der Waals surface area (Å²) in [7, 11) is 0. The molecule has 0 aromatic rings. The summed E-state index contributed by atoms with van der Waals surface area (Å²) in [6.07, 6.45) is 6.88. The van der Waals surface area contributed by atoms with Gasteiger partial charge in [-0.2, -0.15) is 0 Å². The van der Waals surface area contributed by atoms with Gasteiger partial charge in [-0.3, -0.25) is 9.59 Å². The number of hydrogen-bond donors (Lipinski definition) is 0. The van der Waals surface area contributed by atoms with E-state index in [1.165, 1.54) is 24.3 Å². The fourth-order valence-electron chi connectivity index (χ4n) is 0.219. The fraction of sp³-hybridized carbons (Fsp3) is 0. The van der Waals surface area contributed by atoms with Crippen LogP contribution in [0.3, 0.4) is 0 Å². The van der Waals surface area contributed by atoms with Gasteiger partial charge in [0, 0.05) is 17.1 Å². The molecule has 5 nitrogen and oxygen atoms in total. The van der Waals surface area contributed by atoms with Crippen molar-refractivity contribution in [3.05, 3.63) is 44.3 Å². The first-order chi connectivity index (χ1) is 6.91. The smallest absolute Gasteiger partial charge is 0 e. The molecule has 0 spiro atoms. The summed E-state index contributed by atoms with van der Waals surface area (Å²) < 4.78 is 22.5. The molecule has 0 saturated carbocycles. The number of aldehydes is 2. The Morgan fingerprint density at radius 3 is 0.933 bits per heavy atom. The average Bonchev–Trinajstić information content (AvgIpc) is 2.33. The van der Waals surface area contributed by atoms with Gasteiger partial charge in [0.2, 0.25) is 0 Å². The number of carbonyl (C=O) groups is 2. The first-order valence-electron chi connectivity index (χ1n) is 2.75. The molecule has 80 valence electrons. The van der Waals surface area contributed by atoms with Gasteiger partial charge in [0.15, 0.2) is 0 Å². The van der Waals surface area contributed by atoms with E-state index in [1.807, 2.05) is 0 Å². The van der Waals surface area contributed by atoms with Crippen molar-refractivity contribution in [1.29, 1.82) is 0 Å². The van der Waals surface area contributed by atoms with Crippen LogP contribution in [0.25, 0.3) is 0 Å². The van der Waals surface area contributed by atoms with Gasteiger partial charge >= 0.3 is 33.9 Å². The largest absolute Gasteiger partial charge is 0 e. The molecule has 0 bridgehead atoms. The Bertz CT molecular complexity index is 194. The first-order valence-corrected chi connectivity index (χ1v) is 2.75. The summed E-state index contributed by atoms with van der Waals surface area (Å²) in [4.78, 5) is 19.1. The van der Waals surface area contributed by atoms with Gasteiger partial charge in [-0.05, 0) is 12.2 Å². The van der Waals surface area contributed by atoms with Gasteiger partial charge in [0.1, 0.15) is 12.6 Å². The molecule has 0 aliphatic carbocycles. The Kier molecular flexibility index (Phi) is 157. The maximum atomic E-state index is 9.56. The fourth-order valence-corrected chi connectivity index (χ4v) is 0.219. The van der Waals surface area contributed by atoms with Crippen LogP contribution in [-0.4, -0.2) is 12.6 Å². The molecule has 6 heteroatoms. The number of carbonyl (C=O) groups excluding carboxylic acids is 2. The summed E-state index contributed by atoms with van der Waals surface area (Å²) in [5.74, 6) is 0. The van der Waals surface area contributed by atoms with E-state index < -0.39 is 0 Å². The normalized spacial score (nSPS) is 6.00. The Hall–Kier alpha value is -1.44. The third-order valence-corrected chi connectivity index (χ3v) is 0.490. The quantitative estimate of drug-likeness (QED) is 0.181. The molecule has 0 N–H and O–H groups in total. The molecule has 0 rings (SSSR count). The third-order valence-electron chi connectivity index (χ3n) is 0.490. The maximum Gasteiger partial charge on any atom is 0 e. The molecule has 0 atom stereocenters. The van der Waals surface area contributed by atoms with Crippen molar-refractivity contribution in [2.24, 2.45) is 0 Å². The molecule has 0 saturated heterocycles. The zero-order valence-corrected chi connectivity index (χ0v) is 8.46. The van der Waals surface area contributed by atoms with Crippen LogP contribution in [0.1, 0.15) is 0 Å². The second kappa shape index (κ2) is 80.7.